The van der Waals surface area contributed by atoms with Crippen molar-refractivity contribution < 1.29 is 62.4 Å². The minimum Gasteiger partial charge on any atom is -0.478 e. The maximum atomic E-state index is 10.2. The summed E-state index contributed by atoms with van der Waals surface area (Å²) in [6.07, 6.45) is -1.86. The van der Waals surface area contributed by atoms with Gasteiger partial charge in [0.25, 0.3) is 6.10 Å². The number of carbonyl (C=O) groups is 2. The Kier molecular flexibility index (Phi) is 12.9. The van der Waals surface area contributed by atoms with E-state index in [0.717, 1.165) is 6.08 Å². The molecule has 0 aromatic carbocycles. The SMILES string of the molecule is O=C(O)/C=C/c1cnc[nH]1.O=C(O)C([OH2+])C(O)C(O)C(O)CO.[Mn]. The molecule has 0 aliphatic heterocycles. The van der Waals surface area contributed by atoms with E-state index in [4.69, 9.17) is 35.7 Å². The average molecular weight is 390 g/mol. The van der Waals surface area contributed by atoms with Crippen LogP contribution in [0.4, 0.5) is 0 Å². The van der Waals surface area contributed by atoms with Crippen molar-refractivity contribution in [3.63, 3.8) is 0 Å². The molecular formula is C12H19MnN2O9+. The first-order valence-corrected chi connectivity index (χ1v) is 6.19. The van der Waals surface area contributed by atoms with Crippen LogP contribution in [0.5, 0.6) is 0 Å². The zero-order valence-corrected chi connectivity index (χ0v) is 13.3. The van der Waals surface area contributed by atoms with E-state index in [2.05, 4.69) is 9.97 Å². The van der Waals surface area contributed by atoms with E-state index in [1.54, 1.807) is 6.20 Å². The number of carboxylic acid groups (broad SMARTS) is 2. The molecule has 0 spiro atoms. The summed E-state index contributed by atoms with van der Waals surface area (Å²) in [6, 6.07) is 0. The summed E-state index contributed by atoms with van der Waals surface area (Å²) in [5.41, 5.74) is 0.683. The van der Waals surface area contributed by atoms with Crippen molar-refractivity contribution in [2.24, 2.45) is 0 Å². The number of aliphatic hydroxyl groups excluding tert-OH is 4. The third-order valence-electron chi connectivity index (χ3n) is 2.46. The number of aromatic nitrogens is 2. The summed E-state index contributed by atoms with van der Waals surface area (Å²) in [4.78, 5) is 26.6. The molecule has 0 aliphatic rings. The van der Waals surface area contributed by atoms with Crippen LogP contribution in [0.15, 0.2) is 18.6 Å². The van der Waals surface area contributed by atoms with Gasteiger partial charge in [-0.1, -0.05) is 0 Å². The molecule has 1 radical (unpaired) electrons. The molecule has 0 saturated carbocycles. The molecule has 9 N–H and O–H groups in total. The predicted molar refractivity (Wildman–Crippen MR) is 75.4 cm³/mol. The second-order valence-corrected chi connectivity index (χ2v) is 4.23. The maximum absolute atomic E-state index is 10.2. The van der Waals surface area contributed by atoms with Crippen LogP contribution in [0.1, 0.15) is 5.69 Å². The number of aliphatic hydroxyl groups is 4. The summed E-state index contributed by atoms with van der Waals surface area (Å²) in [7, 11) is 0. The zero-order valence-electron chi connectivity index (χ0n) is 12.2. The Hall–Kier alpha value is -1.79. The molecule has 137 valence electrons. The Labute approximate surface area is 146 Å². The summed E-state index contributed by atoms with van der Waals surface area (Å²) in [5.74, 6) is -2.58. The van der Waals surface area contributed by atoms with Gasteiger partial charge in [0.05, 0.1) is 24.8 Å². The van der Waals surface area contributed by atoms with E-state index in [1.165, 1.54) is 12.4 Å². The molecule has 0 saturated heterocycles. The zero-order chi connectivity index (χ0) is 18.0. The monoisotopic (exact) mass is 390 g/mol. The molecule has 0 fully saturated rings. The number of carboxylic acids is 2. The molecule has 1 aromatic rings. The molecule has 4 atom stereocenters. The van der Waals surface area contributed by atoms with Crippen LogP contribution < -0.4 is 0 Å². The predicted octanol–water partition coefficient (Wildman–Crippen LogP) is -3.26. The molecule has 4 unspecified atom stereocenters. The Morgan fingerprint density at radius 1 is 1.25 bits per heavy atom. The summed E-state index contributed by atoms with van der Waals surface area (Å²) >= 11 is 0. The first kappa shape index (κ1) is 24.5. The van der Waals surface area contributed by atoms with Crippen LogP contribution in [-0.4, -0.2) is 88.7 Å². The number of hydrogen-bond acceptors (Lipinski definition) is 7. The van der Waals surface area contributed by atoms with Gasteiger partial charge in [0.1, 0.15) is 12.2 Å². The van der Waals surface area contributed by atoms with Gasteiger partial charge in [-0.05, 0) is 6.08 Å². The van der Waals surface area contributed by atoms with Gasteiger partial charge in [0.15, 0.2) is 6.10 Å². The van der Waals surface area contributed by atoms with Crippen LogP contribution >= 0.6 is 0 Å². The van der Waals surface area contributed by atoms with E-state index in [1.807, 2.05) is 0 Å². The number of H-pyrrole nitrogens is 1. The first-order chi connectivity index (χ1) is 10.7. The number of nitrogens with zero attached hydrogens (tertiary/aromatic N) is 1. The molecule has 0 amide bonds. The molecule has 24 heavy (non-hydrogen) atoms. The van der Waals surface area contributed by atoms with Crippen LogP contribution in [0.25, 0.3) is 6.08 Å². The molecule has 1 heterocycles. The number of hydrogen-bond donors (Lipinski definition) is 7. The van der Waals surface area contributed by atoms with Gasteiger partial charge in [-0.15, -0.1) is 0 Å². The van der Waals surface area contributed by atoms with E-state index < -0.39 is 43.0 Å². The van der Waals surface area contributed by atoms with E-state index >= 15 is 0 Å². The van der Waals surface area contributed by atoms with Crippen molar-refractivity contribution in [3.05, 3.63) is 24.3 Å². The summed E-state index contributed by atoms with van der Waals surface area (Å²) in [5, 5.41) is 58.3. The molecule has 0 aliphatic carbocycles. The normalized spacial score (nSPS) is 15.4. The summed E-state index contributed by atoms with van der Waals surface area (Å²) < 4.78 is 0. The van der Waals surface area contributed by atoms with E-state index in [-0.39, 0.29) is 17.1 Å². The van der Waals surface area contributed by atoms with Crippen molar-refractivity contribution >= 4 is 18.0 Å². The fourth-order valence-corrected chi connectivity index (χ4v) is 1.20. The Bertz CT molecular complexity index is 509. The van der Waals surface area contributed by atoms with Crippen LogP contribution in [-0.2, 0) is 26.7 Å². The fraction of sp³-hybridized carbons (Fsp3) is 0.417. The Balaban J connectivity index is 0. The van der Waals surface area contributed by atoms with Crippen molar-refractivity contribution in [1.29, 1.82) is 0 Å². The largest absolute Gasteiger partial charge is 0.478 e. The smallest absolute Gasteiger partial charge is 0.387 e. The van der Waals surface area contributed by atoms with Gasteiger partial charge in [0, 0.05) is 23.1 Å². The van der Waals surface area contributed by atoms with Gasteiger partial charge in [-0.2, -0.15) is 0 Å². The van der Waals surface area contributed by atoms with Crippen molar-refractivity contribution in [1.82, 2.24) is 9.97 Å². The standard InChI is InChI=1S/C6H6N2O2.C6H12O7.Mn/c9-6(10)2-1-5-3-7-4-8-5;7-1-2(8)3(9)4(10)5(11)6(12)13;/h1-4H,(H,7,8)(H,9,10);2-5,7-11H,1H2,(H,12,13);/p+1/b2-1+;;. The minimum absolute atomic E-state index is 0. The molecule has 0 bridgehead atoms. The number of rotatable bonds is 7. The van der Waals surface area contributed by atoms with E-state index in [9.17, 15) is 9.59 Å². The van der Waals surface area contributed by atoms with Crippen LogP contribution in [0.2, 0.25) is 0 Å². The van der Waals surface area contributed by atoms with Gasteiger partial charge < -0.3 is 40.7 Å². The minimum atomic E-state index is -1.95. The van der Waals surface area contributed by atoms with Crippen molar-refractivity contribution in [2.45, 2.75) is 24.4 Å². The van der Waals surface area contributed by atoms with Crippen molar-refractivity contribution in [2.75, 3.05) is 6.61 Å². The Morgan fingerprint density at radius 3 is 2.21 bits per heavy atom. The van der Waals surface area contributed by atoms with Gasteiger partial charge in [-0.3, -0.25) is 0 Å². The third kappa shape index (κ3) is 9.37. The van der Waals surface area contributed by atoms with Crippen LogP contribution in [0.3, 0.4) is 0 Å². The molecule has 1 rings (SSSR count). The number of nitrogens with one attached hydrogen (secondary N) is 1. The second kappa shape index (κ2) is 12.6. The number of aliphatic carboxylic acids is 2. The summed E-state index contributed by atoms with van der Waals surface area (Å²) in [6.45, 7) is -0.815. The molecule has 1 aromatic heterocycles. The van der Waals surface area contributed by atoms with Crippen molar-refractivity contribution in [3.8, 4) is 0 Å². The first-order valence-electron chi connectivity index (χ1n) is 6.19. The molecule has 12 heteroatoms. The number of aromatic amines is 1. The van der Waals surface area contributed by atoms with Crippen LogP contribution in [0, 0.1) is 0 Å². The number of imidazole rings is 1. The Morgan fingerprint density at radius 2 is 1.83 bits per heavy atom. The average Bonchev–Trinajstić information content (AvgIpc) is 3.03. The van der Waals surface area contributed by atoms with Gasteiger partial charge >= 0.3 is 11.9 Å². The van der Waals surface area contributed by atoms with Gasteiger partial charge in [0.2, 0.25) is 0 Å². The molecular weight excluding hydrogens is 371 g/mol. The molecule has 11 nitrogen and oxygen atoms in total. The maximum Gasteiger partial charge on any atom is 0.387 e. The van der Waals surface area contributed by atoms with Gasteiger partial charge in [-0.25, -0.2) is 14.6 Å². The third-order valence-corrected chi connectivity index (χ3v) is 2.46. The van der Waals surface area contributed by atoms with E-state index in [0.29, 0.717) is 5.69 Å². The fourth-order valence-electron chi connectivity index (χ4n) is 1.20. The quantitative estimate of drug-likeness (QED) is 0.141. The second-order valence-electron chi connectivity index (χ2n) is 4.23. The topological polar surface area (TPSA) is 207 Å².